The van der Waals surface area contributed by atoms with Gasteiger partial charge in [0, 0.05) is 11.4 Å². The third-order valence-electron chi connectivity index (χ3n) is 2.85. The molecule has 0 aliphatic heterocycles. The largest absolute Gasteiger partial charge is 0.399 e. The van der Waals surface area contributed by atoms with E-state index in [0.29, 0.717) is 0 Å². The highest BCUT2D eigenvalue weighted by molar-refractivity contribution is 5.47. The van der Waals surface area contributed by atoms with Crippen LogP contribution in [0.15, 0.2) is 36.4 Å². The molecule has 0 aliphatic rings. The van der Waals surface area contributed by atoms with Gasteiger partial charge < -0.3 is 11.5 Å². The molecule has 96 valence electrons. The molecular weight excluding hydrogens is 220 g/mol. The highest BCUT2D eigenvalue weighted by atomic mass is 14.6. The van der Waals surface area contributed by atoms with Crippen LogP contribution in [0, 0.1) is 27.7 Å². The molecular formula is C16H22N2. The Morgan fingerprint density at radius 2 is 0.944 bits per heavy atom. The molecule has 0 radical (unpaired) electrons. The van der Waals surface area contributed by atoms with Gasteiger partial charge >= 0.3 is 0 Å². The second-order valence-electron chi connectivity index (χ2n) is 4.72. The number of nitrogens with two attached hydrogens (primary N) is 2. The average Bonchev–Trinajstić information content (AvgIpc) is 2.30. The van der Waals surface area contributed by atoms with Crippen molar-refractivity contribution in [2.24, 2.45) is 0 Å². The number of anilines is 2. The van der Waals surface area contributed by atoms with Crippen molar-refractivity contribution in [3.63, 3.8) is 0 Å². The number of benzene rings is 2. The molecule has 0 bridgehead atoms. The molecule has 0 aromatic heterocycles. The van der Waals surface area contributed by atoms with E-state index in [1.165, 1.54) is 11.1 Å². The van der Waals surface area contributed by atoms with Crippen molar-refractivity contribution in [2.45, 2.75) is 27.7 Å². The van der Waals surface area contributed by atoms with Crippen LogP contribution in [-0.4, -0.2) is 0 Å². The van der Waals surface area contributed by atoms with Crippen LogP contribution < -0.4 is 11.5 Å². The quantitative estimate of drug-likeness (QED) is 0.691. The van der Waals surface area contributed by atoms with Gasteiger partial charge in [-0.2, -0.15) is 0 Å². The van der Waals surface area contributed by atoms with E-state index in [1.807, 2.05) is 38.1 Å². The Kier molecular flexibility index (Phi) is 4.78. The topological polar surface area (TPSA) is 52.0 Å². The molecule has 0 atom stereocenters. The van der Waals surface area contributed by atoms with Crippen LogP contribution in [0.3, 0.4) is 0 Å². The summed E-state index contributed by atoms with van der Waals surface area (Å²) in [5.74, 6) is 0. The average molecular weight is 242 g/mol. The van der Waals surface area contributed by atoms with Crippen molar-refractivity contribution in [1.29, 1.82) is 0 Å². The summed E-state index contributed by atoms with van der Waals surface area (Å²) in [6.07, 6.45) is 0. The predicted octanol–water partition coefficient (Wildman–Crippen LogP) is 3.77. The SMILES string of the molecule is Cc1ccc(N)c(C)c1.Cc1ccc(N)c(C)c1. The van der Waals surface area contributed by atoms with Gasteiger partial charge in [-0.3, -0.25) is 0 Å². The Labute approximate surface area is 110 Å². The van der Waals surface area contributed by atoms with E-state index in [4.69, 9.17) is 11.5 Å². The van der Waals surface area contributed by atoms with E-state index in [-0.39, 0.29) is 0 Å². The Balaban J connectivity index is 0.000000180. The van der Waals surface area contributed by atoms with Crippen molar-refractivity contribution < 1.29 is 0 Å². The maximum absolute atomic E-state index is 5.59. The van der Waals surface area contributed by atoms with Crippen LogP contribution in [0.1, 0.15) is 22.3 Å². The highest BCUT2D eigenvalue weighted by Crippen LogP contribution is 2.11. The van der Waals surface area contributed by atoms with Gasteiger partial charge in [0.05, 0.1) is 0 Å². The van der Waals surface area contributed by atoms with Gasteiger partial charge in [0.25, 0.3) is 0 Å². The Hall–Kier alpha value is -1.96. The van der Waals surface area contributed by atoms with Crippen molar-refractivity contribution in [3.8, 4) is 0 Å². The molecule has 18 heavy (non-hydrogen) atoms. The number of nitrogen functional groups attached to an aromatic ring is 2. The van der Waals surface area contributed by atoms with Crippen LogP contribution >= 0.6 is 0 Å². The van der Waals surface area contributed by atoms with E-state index in [1.54, 1.807) is 0 Å². The fourth-order valence-electron chi connectivity index (χ4n) is 1.65. The van der Waals surface area contributed by atoms with Crippen LogP contribution in [0.5, 0.6) is 0 Å². The Bertz CT molecular complexity index is 481. The zero-order chi connectivity index (χ0) is 13.7. The summed E-state index contributed by atoms with van der Waals surface area (Å²) in [6.45, 7) is 8.16. The van der Waals surface area contributed by atoms with Gasteiger partial charge in [0.2, 0.25) is 0 Å². The first-order valence-corrected chi connectivity index (χ1v) is 6.05. The number of aryl methyl sites for hydroxylation is 4. The fourth-order valence-corrected chi connectivity index (χ4v) is 1.65. The lowest BCUT2D eigenvalue weighted by Gasteiger charge is -1.98. The minimum Gasteiger partial charge on any atom is -0.399 e. The van der Waals surface area contributed by atoms with Gasteiger partial charge in [-0.1, -0.05) is 35.4 Å². The molecule has 0 unspecified atom stereocenters. The predicted molar refractivity (Wildman–Crippen MR) is 80.7 cm³/mol. The molecule has 2 nitrogen and oxygen atoms in total. The first-order chi connectivity index (χ1) is 8.40. The summed E-state index contributed by atoms with van der Waals surface area (Å²) in [6, 6.07) is 12.1. The zero-order valence-corrected chi connectivity index (χ0v) is 11.6. The third-order valence-corrected chi connectivity index (χ3v) is 2.85. The molecule has 0 heterocycles. The fraction of sp³-hybridized carbons (Fsp3) is 0.250. The summed E-state index contributed by atoms with van der Waals surface area (Å²) < 4.78 is 0. The van der Waals surface area contributed by atoms with Gasteiger partial charge in [0.1, 0.15) is 0 Å². The molecule has 0 amide bonds. The van der Waals surface area contributed by atoms with Crippen LogP contribution in [0.4, 0.5) is 11.4 Å². The van der Waals surface area contributed by atoms with Crippen LogP contribution in [0.2, 0.25) is 0 Å². The second kappa shape index (κ2) is 6.10. The van der Waals surface area contributed by atoms with Crippen LogP contribution in [0.25, 0.3) is 0 Å². The molecule has 2 aromatic rings. The maximum atomic E-state index is 5.59. The van der Waals surface area contributed by atoms with Crippen molar-refractivity contribution in [2.75, 3.05) is 11.5 Å². The smallest absolute Gasteiger partial charge is 0.0343 e. The first kappa shape index (κ1) is 14.1. The molecule has 0 spiro atoms. The highest BCUT2D eigenvalue weighted by Gasteiger charge is 1.90. The summed E-state index contributed by atoms with van der Waals surface area (Å²) in [5, 5.41) is 0. The lowest BCUT2D eigenvalue weighted by atomic mass is 10.1. The van der Waals surface area contributed by atoms with Crippen molar-refractivity contribution in [3.05, 3.63) is 58.7 Å². The van der Waals surface area contributed by atoms with Crippen molar-refractivity contribution >= 4 is 11.4 Å². The van der Waals surface area contributed by atoms with Crippen LogP contribution in [-0.2, 0) is 0 Å². The second-order valence-corrected chi connectivity index (χ2v) is 4.72. The van der Waals surface area contributed by atoms with Gasteiger partial charge in [-0.25, -0.2) is 0 Å². The van der Waals surface area contributed by atoms with E-state index in [0.717, 1.165) is 22.5 Å². The first-order valence-electron chi connectivity index (χ1n) is 6.05. The summed E-state index contributed by atoms with van der Waals surface area (Å²) in [4.78, 5) is 0. The van der Waals surface area contributed by atoms with Crippen molar-refractivity contribution in [1.82, 2.24) is 0 Å². The minimum atomic E-state index is 0.876. The summed E-state index contributed by atoms with van der Waals surface area (Å²) >= 11 is 0. The standard InChI is InChI=1S/2C8H11N/c2*1-6-3-4-8(9)7(2)5-6/h2*3-5H,9H2,1-2H3. The monoisotopic (exact) mass is 242 g/mol. The normalized spacial score (nSPS) is 9.56. The molecule has 0 aliphatic carbocycles. The molecule has 0 saturated carbocycles. The van der Waals surface area contributed by atoms with Gasteiger partial charge in [-0.05, 0) is 51.0 Å². The number of hydrogen-bond donors (Lipinski definition) is 2. The minimum absolute atomic E-state index is 0.876. The lowest BCUT2D eigenvalue weighted by Crippen LogP contribution is -1.88. The van der Waals surface area contributed by atoms with E-state index >= 15 is 0 Å². The third kappa shape index (κ3) is 4.13. The summed E-state index contributed by atoms with van der Waals surface area (Å²) in [7, 11) is 0. The lowest BCUT2D eigenvalue weighted by molar-refractivity contribution is 1.39. The molecule has 2 rings (SSSR count). The van der Waals surface area contributed by atoms with E-state index in [2.05, 4.69) is 26.0 Å². The molecule has 2 heteroatoms. The van der Waals surface area contributed by atoms with E-state index < -0.39 is 0 Å². The van der Waals surface area contributed by atoms with Gasteiger partial charge in [0.15, 0.2) is 0 Å². The molecule has 4 N–H and O–H groups in total. The number of rotatable bonds is 0. The zero-order valence-electron chi connectivity index (χ0n) is 11.6. The Morgan fingerprint density at radius 1 is 0.611 bits per heavy atom. The van der Waals surface area contributed by atoms with E-state index in [9.17, 15) is 0 Å². The molecule has 0 saturated heterocycles. The number of hydrogen-bond acceptors (Lipinski definition) is 2. The molecule has 2 aromatic carbocycles. The maximum Gasteiger partial charge on any atom is 0.0343 e. The Morgan fingerprint density at radius 3 is 1.17 bits per heavy atom. The van der Waals surface area contributed by atoms with Gasteiger partial charge in [-0.15, -0.1) is 0 Å². The molecule has 0 fully saturated rings. The summed E-state index contributed by atoms with van der Waals surface area (Å²) in [5.41, 5.74) is 17.8.